The number of nitrogens with zero attached hydrogens (tertiary/aromatic N) is 1. The molecule has 4 nitrogen and oxygen atoms in total. The number of pyridine rings is 1. The van der Waals surface area contributed by atoms with Gasteiger partial charge in [0.15, 0.2) is 6.61 Å². The van der Waals surface area contributed by atoms with E-state index in [0.717, 1.165) is 17.8 Å². The van der Waals surface area contributed by atoms with Gasteiger partial charge < -0.3 is 10.1 Å². The van der Waals surface area contributed by atoms with Crippen LogP contribution >= 0.6 is 23.4 Å². The summed E-state index contributed by atoms with van der Waals surface area (Å²) >= 11 is 6.91. The average molecular weight is 409 g/mol. The lowest BCUT2D eigenvalue weighted by atomic mass is 10.3. The predicted molar refractivity (Wildman–Crippen MR) is 89.9 cm³/mol. The lowest BCUT2D eigenvalue weighted by Gasteiger charge is -2.09. The second-order valence-electron chi connectivity index (χ2n) is 4.95. The van der Waals surface area contributed by atoms with E-state index in [4.69, 9.17) is 16.3 Å². The van der Waals surface area contributed by atoms with Crippen LogP contribution < -0.4 is 10.1 Å². The fourth-order valence-electron chi connectivity index (χ4n) is 1.76. The highest BCUT2D eigenvalue weighted by atomic mass is 35.5. The molecule has 2 rings (SSSR count). The Morgan fingerprint density at radius 2 is 1.96 bits per heavy atom. The van der Waals surface area contributed by atoms with Gasteiger partial charge >= 0.3 is 6.18 Å². The van der Waals surface area contributed by atoms with E-state index in [1.807, 2.05) is 0 Å². The number of hydrogen-bond donors (Lipinski definition) is 1. The van der Waals surface area contributed by atoms with Crippen molar-refractivity contribution in [3.05, 3.63) is 52.9 Å². The predicted octanol–water partition coefficient (Wildman–Crippen LogP) is 4.18. The molecule has 0 aliphatic heterocycles. The third-order valence-electron chi connectivity index (χ3n) is 2.98. The molecule has 10 heteroatoms. The van der Waals surface area contributed by atoms with Crippen LogP contribution in [0.4, 0.5) is 17.6 Å². The lowest BCUT2D eigenvalue weighted by molar-refractivity contribution is -0.137. The molecule has 0 radical (unpaired) electrons. The third kappa shape index (κ3) is 6.38. The molecule has 1 amide bonds. The summed E-state index contributed by atoms with van der Waals surface area (Å²) < 4.78 is 55.5. The highest BCUT2D eigenvalue weighted by Crippen LogP contribution is 2.33. The summed E-state index contributed by atoms with van der Waals surface area (Å²) in [4.78, 5) is 15.3. The van der Waals surface area contributed by atoms with E-state index >= 15 is 0 Å². The Labute approximate surface area is 155 Å². The van der Waals surface area contributed by atoms with E-state index < -0.39 is 17.6 Å². The SMILES string of the molecule is O=C(COc1ccc(F)cc1)NCCSc1ncc(C(F)(F)F)cc1Cl. The first-order chi connectivity index (χ1) is 12.3. The van der Waals surface area contributed by atoms with Gasteiger partial charge in [-0.2, -0.15) is 13.2 Å². The normalized spacial score (nSPS) is 11.3. The summed E-state index contributed by atoms with van der Waals surface area (Å²) in [6.45, 7) is 0.00485. The summed E-state index contributed by atoms with van der Waals surface area (Å²) in [7, 11) is 0. The maximum Gasteiger partial charge on any atom is 0.417 e. The minimum atomic E-state index is -4.50. The van der Waals surface area contributed by atoms with Crippen LogP contribution in [0.1, 0.15) is 5.56 Å². The first kappa shape index (κ1) is 20.3. The van der Waals surface area contributed by atoms with Crippen molar-refractivity contribution in [2.45, 2.75) is 11.2 Å². The molecule has 1 aromatic heterocycles. The Kier molecular flexibility index (Phi) is 7.10. The monoisotopic (exact) mass is 408 g/mol. The average Bonchev–Trinajstić information content (AvgIpc) is 2.58. The number of aromatic nitrogens is 1. The van der Waals surface area contributed by atoms with Gasteiger partial charge in [-0.05, 0) is 30.3 Å². The number of amides is 1. The molecule has 0 fully saturated rings. The number of alkyl halides is 3. The Hall–Kier alpha value is -2.00. The minimum absolute atomic E-state index is 0.101. The molecule has 0 bridgehead atoms. The van der Waals surface area contributed by atoms with Crippen LogP contribution in [0.5, 0.6) is 5.75 Å². The molecule has 0 spiro atoms. The number of ether oxygens (including phenoxy) is 1. The Bertz CT molecular complexity index is 757. The van der Waals surface area contributed by atoms with Crippen molar-refractivity contribution >= 4 is 29.3 Å². The zero-order valence-corrected chi connectivity index (χ0v) is 14.7. The maximum atomic E-state index is 12.7. The minimum Gasteiger partial charge on any atom is -0.484 e. The number of carbonyl (C=O) groups excluding carboxylic acids is 1. The van der Waals surface area contributed by atoms with Gasteiger partial charge in [0.2, 0.25) is 0 Å². The quantitative estimate of drug-likeness (QED) is 0.424. The fourth-order valence-corrected chi connectivity index (χ4v) is 2.81. The standard InChI is InChI=1S/C16H13ClF4N2O2S/c17-13-7-10(16(19,20)21)8-23-15(13)26-6-5-22-14(24)9-25-12-3-1-11(18)2-4-12/h1-4,7-8H,5-6,9H2,(H,22,24). The molecule has 0 saturated carbocycles. The van der Waals surface area contributed by atoms with Crippen molar-refractivity contribution in [3.8, 4) is 5.75 Å². The van der Waals surface area contributed by atoms with E-state index in [2.05, 4.69) is 10.3 Å². The number of nitrogens with one attached hydrogen (secondary N) is 1. The van der Waals surface area contributed by atoms with Crippen molar-refractivity contribution in [1.82, 2.24) is 10.3 Å². The summed E-state index contributed by atoms with van der Waals surface area (Å²) in [6, 6.07) is 6.04. The van der Waals surface area contributed by atoms with Crippen LogP contribution in [-0.4, -0.2) is 29.8 Å². The lowest BCUT2D eigenvalue weighted by Crippen LogP contribution is -2.30. The van der Waals surface area contributed by atoms with Crippen molar-refractivity contribution < 1.29 is 27.1 Å². The highest BCUT2D eigenvalue weighted by Gasteiger charge is 2.31. The molecule has 1 N–H and O–H groups in total. The van der Waals surface area contributed by atoms with Crippen molar-refractivity contribution in [2.75, 3.05) is 18.9 Å². The highest BCUT2D eigenvalue weighted by molar-refractivity contribution is 7.99. The van der Waals surface area contributed by atoms with E-state index in [1.165, 1.54) is 24.3 Å². The summed E-state index contributed by atoms with van der Waals surface area (Å²) in [6.07, 6.45) is -3.79. The second-order valence-corrected chi connectivity index (χ2v) is 6.44. The maximum absolute atomic E-state index is 12.7. The molecule has 0 saturated heterocycles. The van der Waals surface area contributed by atoms with Gasteiger partial charge in [0, 0.05) is 18.5 Å². The number of carbonyl (C=O) groups is 1. The molecular formula is C16H13ClF4N2O2S. The van der Waals surface area contributed by atoms with E-state index in [9.17, 15) is 22.4 Å². The first-order valence-electron chi connectivity index (χ1n) is 7.26. The molecule has 0 aliphatic rings. The Balaban J connectivity index is 1.71. The summed E-state index contributed by atoms with van der Waals surface area (Å²) in [5, 5.41) is 2.73. The zero-order chi connectivity index (χ0) is 19.2. The molecule has 2 aromatic rings. The molecule has 1 aromatic carbocycles. The van der Waals surface area contributed by atoms with Gasteiger partial charge in [0.1, 0.15) is 16.6 Å². The van der Waals surface area contributed by atoms with E-state index in [0.29, 0.717) is 17.7 Å². The number of rotatable bonds is 7. The van der Waals surface area contributed by atoms with Crippen molar-refractivity contribution in [1.29, 1.82) is 0 Å². The molecular weight excluding hydrogens is 396 g/mol. The Morgan fingerprint density at radius 1 is 1.27 bits per heavy atom. The molecule has 0 unspecified atom stereocenters. The van der Waals surface area contributed by atoms with Crippen molar-refractivity contribution in [2.24, 2.45) is 0 Å². The van der Waals surface area contributed by atoms with Crippen molar-refractivity contribution in [3.63, 3.8) is 0 Å². The molecule has 1 heterocycles. The molecule has 140 valence electrons. The van der Waals surface area contributed by atoms with E-state index in [1.54, 1.807) is 0 Å². The van der Waals surface area contributed by atoms with Crippen LogP contribution in [0, 0.1) is 5.82 Å². The first-order valence-corrected chi connectivity index (χ1v) is 8.62. The number of benzene rings is 1. The van der Waals surface area contributed by atoms with E-state index in [-0.39, 0.29) is 29.1 Å². The van der Waals surface area contributed by atoms with Gasteiger partial charge in [-0.25, -0.2) is 9.37 Å². The van der Waals surface area contributed by atoms with Gasteiger partial charge in [-0.15, -0.1) is 11.8 Å². The van der Waals surface area contributed by atoms with Crippen LogP contribution in [0.15, 0.2) is 41.6 Å². The molecule has 0 aliphatic carbocycles. The number of thioether (sulfide) groups is 1. The summed E-state index contributed by atoms with van der Waals surface area (Å²) in [5.41, 5.74) is -0.918. The van der Waals surface area contributed by atoms with Crippen LogP contribution in [-0.2, 0) is 11.0 Å². The Morgan fingerprint density at radius 3 is 2.58 bits per heavy atom. The van der Waals surface area contributed by atoms with Gasteiger partial charge in [-0.3, -0.25) is 4.79 Å². The third-order valence-corrected chi connectivity index (χ3v) is 4.39. The largest absolute Gasteiger partial charge is 0.484 e. The van der Waals surface area contributed by atoms with Gasteiger partial charge in [-0.1, -0.05) is 11.6 Å². The smallest absolute Gasteiger partial charge is 0.417 e. The molecule has 26 heavy (non-hydrogen) atoms. The number of halogens is 5. The van der Waals surface area contributed by atoms with Crippen LogP contribution in [0.25, 0.3) is 0 Å². The van der Waals surface area contributed by atoms with Crippen LogP contribution in [0.2, 0.25) is 5.02 Å². The van der Waals surface area contributed by atoms with Gasteiger partial charge in [0.25, 0.3) is 5.91 Å². The number of hydrogen-bond acceptors (Lipinski definition) is 4. The second kappa shape index (κ2) is 9.09. The zero-order valence-electron chi connectivity index (χ0n) is 13.1. The molecule has 0 atom stereocenters. The fraction of sp³-hybridized carbons (Fsp3) is 0.250. The topological polar surface area (TPSA) is 51.2 Å². The van der Waals surface area contributed by atoms with Gasteiger partial charge in [0.05, 0.1) is 10.6 Å². The van der Waals surface area contributed by atoms with Crippen LogP contribution in [0.3, 0.4) is 0 Å². The summed E-state index contributed by atoms with van der Waals surface area (Å²) in [5.74, 6) is -0.0761.